The van der Waals surface area contributed by atoms with E-state index in [1.165, 1.54) is 94.8 Å². The minimum Gasteiger partial charge on any atom is -0.454 e. The third-order valence-corrected chi connectivity index (χ3v) is 27.1. The van der Waals surface area contributed by atoms with Crippen LogP contribution in [-0.4, -0.2) is 43.6 Å². The molecule has 0 amide bonds. The van der Waals surface area contributed by atoms with E-state index in [2.05, 4.69) is 366 Å². The third kappa shape index (κ3) is 12.0. The maximum Gasteiger partial charge on any atom is 0.235 e. The lowest BCUT2D eigenvalue weighted by molar-refractivity contribution is 0.671. The number of aromatic nitrogens is 9. The number of nitrogens with zero attached hydrogens (tertiary/aromatic N) is 9. The first-order valence-corrected chi connectivity index (χ1v) is 43.9. The zero-order valence-electron chi connectivity index (χ0n) is 67.6. The Morgan fingerprint density at radius 1 is 0.198 bits per heavy atom. The zero-order valence-corrected chi connectivity index (χ0v) is 69.2. The monoisotopic (exact) mass is 1640 g/mol. The van der Waals surface area contributed by atoms with Crippen LogP contribution in [0.5, 0.6) is 0 Å². The summed E-state index contributed by atoms with van der Waals surface area (Å²) in [6.07, 6.45) is 0. The summed E-state index contributed by atoms with van der Waals surface area (Å²) in [5, 5.41) is 17.9. The summed E-state index contributed by atoms with van der Waals surface area (Å²) >= 11 is 3.72. The van der Waals surface area contributed by atoms with E-state index in [4.69, 9.17) is 34.3 Å². The van der Waals surface area contributed by atoms with E-state index in [0.717, 1.165) is 139 Å². The van der Waals surface area contributed by atoms with Gasteiger partial charge in [0, 0.05) is 129 Å². The van der Waals surface area contributed by atoms with Gasteiger partial charge in [0.2, 0.25) is 5.95 Å². The largest absolute Gasteiger partial charge is 0.454 e. The Balaban J connectivity index is 0.000000103. The van der Waals surface area contributed by atoms with Crippen LogP contribution in [0.3, 0.4) is 0 Å². The number of hydrogen-bond donors (Lipinski definition) is 0. The van der Waals surface area contributed by atoms with Crippen LogP contribution in [0.4, 0.5) is 0 Å². The summed E-state index contributed by atoms with van der Waals surface area (Å²) in [5.74, 6) is 2.13. The van der Waals surface area contributed by atoms with Crippen molar-refractivity contribution in [3.05, 3.63) is 419 Å². The van der Waals surface area contributed by atoms with E-state index < -0.39 is 0 Å². The van der Waals surface area contributed by atoms with Gasteiger partial charge in [0.1, 0.15) is 5.58 Å². The summed E-state index contributed by atoms with van der Waals surface area (Å²) in [5.41, 5.74) is 24.2. The molecule has 0 radical (unpaired) electrons. The highest BCUT2D eigenvalue weighted by atomic mass is 32.1. The molecule has 27 rings (SSSR count). The van der Waals surface area contributed by atoms with Crippen LogP contribution in [0.1, 0.15) is 0 Å². The number of benzene rings is 18. The molecule has 0 bridgehead atoms. The summed E-state index contributed by atoms with van der Waals surface area (Å²) in [7, 11) is 0. The lowest BCUT2D eigenvalue weighted by Crippen LogP contribution is -2.03. The fourth-order valence-electron chi connectivity index (χ4n) is 18.8. The van der Waals surface area contributed by atoms with Crippen molar-refractivity contribution >= 4 is 183 Å². The Morgan fingerprint density at radius 2 is 0.524 bits per heavy atom. The van der Waals surface area contributed by atoms with Crippen LogP contribution in [0.2, 0.25) is 0 Å². The van der Waals surface area contributed by atoms with Gasteiger partial charge in [-0.3, -0.25) is 4.57 Å². The van der Waals surface area contributed by atoms with Crippen molar-refractivity contribution in [2.24, 2.45) is 0 Å². The molecule has 588 valence electrons. The molecular weight excluding hydrogens is 1580 g/mol. The van der Waals surface area contributed by atoms with Gasteiger partial charge in [0.05, 0.1) is 76.1 Å². The van der Waals surface area contributed by atoms with Gasteiger partial charge in [0.25, 0.3) is 0 Å². The predicted octanol–water partition coefficient (Wildman–Crippen LogP) is 30.8. The Bertz CT molecular complexity index is 8670. The van der Waals surface area contributed by atoms with Crippen LogP contribution < -0.4 is 0 Å². The SMILES string of the molecule is c1ccc(-c2ccc(-c3nc(-n4c5ccccc5c5ccc6c7ccccc7sc6c54)nc4ccccc34)cc2)cc1.c1ccc(-c2nc(-c3ccc(-n4c5ccccc5c5ccc6c7ccccc7oc6c54)cc3)nc3ccccc23)cc1.c1ccc(-c2nc(-c3ccc(-n4c5ccccc5c5ccc6c7ccccc7sc6c54)cc3)nc3ccccc23)cc1. The summed E-state index contributed by atoms with van der Waals surface area (Å²) in [6, 6.07) is 147. The van der Waals surface area contributed by atoms with Crippen molar-refractivity contribution in [1.82, 2.24) is 43.6 Å². The number of hydrogen-bond acceptors (Lipinski definition) is 9. The van der Waals surface area contributed by atoms with Crippen LogP contribution in [-0.2, 0) is 0 Å². The van der Waals surface area contributed by atoms with Crippen molar-refractivity contribution in [3.63, 3.8) is 0 Å². The average Bonchev–Trinajstić information content (AvgIpc) is 1.56. The highest BCUT2D eigenvalue weighted by Gasteiger charge is 2.25. The highest BCUT2D eigenvalue weighted by Crippen LogP contribution is 2.48. The second-order valence-corrected chi connectivity index (χ2v) is 34.0. The first-order valence-electron chi connectivity index (χ1n) is 42.3. The van der Waals surface area contributed by atoms with Crippen LogP contribution in [0.15, 0.2) is 423 Å². The standard InChI is InChI=1S/C38H23N3O.2C38H23N3S/c2*1-2-10-24(11-3-1)35-31-14-4-7-15-32(31)39-38(40-35)25-18-20-26(21-19-25)41-33-16-8-5-12-27(33)29-22-23-30-28-13-6-9-17-34(28)42-37(30)36(29)41;1-2-10-24(11-3-1)25-18-20-26(21-19-25)35-31-14-4-7-15-32(31)39-38(40-35)41-33-16-8-5-12-27(33)29-22-23-30-28-13-6-9-17-34(28)42-37(30)36(29)41/h3*1-23H. The van der Waals surface area contributed by atoms with Gasteiger partial charge in [-0.05, 0) is 120 Å². The third-order valence-electron chi connectivity index (χ3n) is 24.7. The average molecular weight is 1650 g/mol. The molecule has 0 fully saturated rings. The van der Waals surface area contributed by atoms with E-state index in [1.54, 1.807) is 0 Å². The topological polar surface area (TPSA) is 105 Å². The number of furan rings is 1. The molecule has 27 aromatic rings. The fourth-order valence-corrected chi connectivity index (χ4v) is 21.3. The number of fused-ring (bicyclic) bond motifs is 24. The summed E-state index contributed by atoms with van der Waals surface area (Å²) in [6.45, 7) is 0. The van der Waals surface area contributed by atoms with E-state index in [9.17, 15) is 0 Å². The lowest BCUT2D eigenvalue weighted by Gasteiger charge is -2.12. The molecule has 0 aliphatic carbocycles. The van der Waals surface area contributed by atoms with Gasteiger partial charge >= 0.3 is 0 Å². The normalized spacial score (nSPS) is 11.8. The Hall–Kier alpha value is -16.4. The molecule has 0 atom stereocenters. The minimum atomic E-state index is 0.687. The van der Waals surface area contributed by atoms with E-state index in [1.807, 2.05) is 89.4 Å². The molecule has 9 aromatic heterocycles. The fraction of sp³-hybridized carbons (Fsp3) is 0. The first kappa shape index (κ1) is 72.4. The van der Waals surface area contributed by atoms with Gasteiger partial charge in [-0.25, -0.2) is 29.9 Å². The molecule has 12 heteroatoms. The van der Waals surface area contributed by atoms with Crippen LogP contribution >= 0.6 is 22.7 Å². The Kier molecular flexibility index (Phi) is 17.1. The molecular formula is C114H69N9OS2. The number of para-hydroxylation sites is 7. The van der Waals surface area contributed by atoms with Crippen molar-refractivity contribution in [1.29, 1.82) is 0 Å². The van der Waals surface area contributed by atoms with Crippen molar-refractivity contribution in [2.75, 3.05) is 0 Å². The molecule has 0 spiro atoms. The van der Waals surface area contributed by atoms with E-state index >= 15 is 0 Å². The van der Waals surface area contributed by atoms with Gasteiger partial charge in [-0.15, -0.1) is 22.7 Å². The zero-order chi connectivity index (χ0) is 82.9. The lowest BCUT2D eigenvalue weighted by atomic mass is 10.0. The van der Waals surface area contributed by atoms with Crippen molar-refractivity contribution in [2.45, 2.75) is 0 Å². The quantitative estimate of drug-likeness (QED) is 0.142. The summed E-state index contributed by atoms with van der Waals surface area (Å²) < 4.78 is 18.7. The molecule has 9 heterocycles. The first-order chi connectivity index (χ1) is 62.5. The van der Waals surface area contributed by atoms with Crippen molar-refractivity contribution in [3.8, 4) is 85.0 Å². The van der Waals surface area contributed by atoms with E-state index in [0.29, 0.717) is 11.8 Å². The molecule has 0 saturated carbocycles. The molecule has 0 unspecified atom stereocenters. The molecule has 18 aromatic carbocycles. The van der Waals surface area contributed by atoms with Gasteiger partial charge < -0.3 is 13.6 Å². The number of rotatable bonds is 9. The molecule has 126 heavy (non-hydrogen) atoms. The maximum absolute atomic E-state index is 6.51. The minimum absolute atomic E-state index is 0.687. The van der Waals surface area contributed by atoms with Crippen LogP contribution in [0, 0.1) is 0 Å². The van der Waals surface area contributed by atoms with Gasteiger partial charge in [-0.1, -0.05) is 309 Å². The molecule has 0 N–H and O–H groups in total. The molecule has 10 nitrogen and oxygen atoms in total. The molecule has 0 aliphatic heterocycles. The predicted molar refractivity (Wildman–Crippen MR) is 527 cm³/mol. The second kappa shape index (κ2) is 29.8. The molecule has 0 saturated heterocycles. The summed E-state index contributed by atoms with van der Waals surface area (Å²) in [4.78, 5) is 30.6. The Labute approximate surface area is 729 Å². The Morgan fingerprint density at radius 3 is 1.02 bits per heavy atom. The highest BCUT2D eigenvalue weighted by molar-refractivity contribution is 7.27. The molecule has 0 aliphatic rings. The van der Waals surface area contributed by atoms with E-state index in [-0.39, 0.29) is 0 Å². The smallest absolute Gasteiger partial charge is 0.235 e. The second-order valence-electron chi connectivity index (χ2n) is 31.9. The van der Waals surface area contributed by atoms with Crippen LogP contribution in [0.25, 0.3) is 245 Å². The van der Waals surface area contributed by atoms with Gasteiger partial charge in [-0.2, -0.15) is 0 Å². The van der Waals surface area contributed by atoms with Crippen molar-refractivity contribution < 1.29 is 4.42 Å². The van der Waals surface area contributed by atoms with Gasteiger partial charge in [0.15, 0.2) is 17.2 Å². The number of thiophene rings is 2. The maximum atomic E-state index is 6.51.